The lowest BCUT2D eigenvalue weighted by atomic mass is 9.96. The summed E-state index contributed by atoms with van der Waals surface area (Å²) in [5.74, 6) is 0. The third-order valence-electron chi connectivity index (χ3n) is 9.81. The van der Waals surface area contributed by atoms with Gasteiger partial charge in [-0.25, -0.2) is 4.98 Å². The Labute approximate surface area is 294 Å². The lowest BCUT2D eigenvalue weighted by molar-refractivity contribution is 1.30. The van der Waals surface area contributed by atoms with Gasteiger partial charge in [-0.15, -0.1) is 11.3 Å². The molecular formula is C47H30N2S. The SMILES string of the molecule is c1ccc2cc(-c3cc(-c4ccc(N(c5ccc6ccccc6c5)c5cccc6sc7ccccc7c56)cc4)nc4ccccc34)ccc2c1. The molecule has 0 saturated carbocycles. The number of pyridine rings is 1. The van der Waals surface area contributed by atoms with Crippen LogP contribution in [0.2, 0.25) is 0 Å². The zero-order valence-corrected chi connectivity index (χ0v) is 27.9. The van der Waals surface area contributed by atoms with Crippen molar-refractivity contribution in [2.24, 2.45) is 0 Å². The van der Waals surface area contributed by atoms with E-state index in [4.69, 9.17) is 4.98 Å². The Morgan fingerprint density at radius 3 is 1.86 bits per heavy atom. The van der Waals surface area contributed by atoms with Crippen LogP contribution < -0.4 is 4.90 Å². The first-order chi connectivity index (χ1) is 24.8. The fourth-order valence-electron chi connectivity index (χ4n) is 7.39. The second-order valence-corrected chi connectivity index (χ2v) is 13.9. The molecule has 0 bridgehead atoms. The third kappa shape index (κ3) is 4.82. The molecule has 0 N–H and O–H groups in total. The minimum Gasteiger partial charge on any atom is -0.310 e. The molecule has 2 nitrogen and oxygen atoms in total. The smallest absolute Gasteiger partial charge is 0.0715 e. The molecule has 0 unspecified atom stereocenters. The summed E-state index contributed by atoms with van der Waals surface area (Å²) in [6.07, 6.45) is 0. The maximum atomic E-state index is 5.17. The van der Waals surface area contributed by atoms with Crippen molar-refractivity contribution in [3.05, 3.63) is 182 Å². The Balaban J connectivity index is 1.13. The lowest BCUT2D eigenvalue weighted by Crippen LogP contribution is -2.10. The maximum absolute atomic E-state index is 5.17. The Bertz CT molecular complexity index is 2890. The van der Waals surface area contributed by atoms with Gasteiger partial charge in [-0.2, -0.15) is 0 Å². The first-order valence-corrected chi connectivity index (χ1v) is 17.8. The molecule has 10 aromatic rings. The van der Waals surface area contributed by atoms with Crippen LogP contribution in [0, 0.1) is 0 Å². The number of rotatable bonds is 5. The molecule has 0 atom stereocenters. The normalized spacial score (nSPS) is 11.6. The monoisotopic (exact) mass is 654 g/mol. The molecule has 0 amide bonds. The number of thiophene rings is 1. The van der Waals surface area contributed by atoms with E-state index in [2.05, 4.69) is 187 Å². The fraction of sp³-hybridized carbons (Fsp3) is 0. The molecule has 8 aromatic carbocycles. The average Bonchev–Trinajstić information content (AvgIpc) is 3.57. The minimum absolute atomic E-state index is 0.960. The van der Waals surface area contributed by atoms with Gasteiger partial charge in [-0.3, -0.25) is 0 Å². The van der Waals surface area contributed by atoms with Gasteiger partial charge in [0.15, 0.2) is 0 Å². The summed E-state index contributed by atoms with van der Waals surface area (Å²) >= 11 is 1.85. The molecule has 2 heterocycles. The van der Waals surface area contributed by atoms with Crippen molar-refractivity contribution in [2.45, 2.75) is 0 Å². The first-order valence-electron chi connectivity index (χ1n) is 17.0. The number of benzene rings is 8. The molecular weight excluding hydrogens is 625 g/mol. The number of para-hydroxylation sites is 1. The number of hydrogen-bond donors (Lipinski definition) is 0. The first kappa shape index (κ1) is 28.7. The zero-order chi connectivity index (χ0) is 33.0. The Morgan fingerprint density at radius 2 is 1.04 bits per heavy atom. The van der Waals surface area contributed by atoms with Crippen LogP contribution in [0.15, 0.2) is 182 Å². The van der Waals surface area contributed by atoms with Crippen LogP contribution in [-0.2, 0) is 0 Å². The highest BCUT2D eigenvalue weighted by Crippen LogP contribution is 2.45. The molecule has 0 fully saturated rings. The van der Waals surface area contributed by atoms with Crippen molar-refractivity contribution in [2.75, 3.05) is 4.90 Å². The van der Waals surface area contributed by atoms with Crippen molar-refractivity contribution in [1.82, 2.24) is 4.98 Å². The Hall–Kier alpha value is -6.29. The molecule has 0 aliphatic rings. The summed E-state index contributed by atoms with van der Waals surface area (Å²) in [6, 6.07) is 65.7. The summed E-state index contributed by atoms with van der Waals surface area (Å²) in [4.78, 5) is 7.58. The Morgan fingerprint density at radius 1 is 0.420 bits per heavy atom. The fourth-order valence-corrected chi connectivity index (χ4v) is 8.51. The van der Waals surface area contributed by atoms with Crippen LogP contribution in [0.4, 0.5) is 17.1 Å². The van der Waals surface area contributed by atoms with E-state index in [1.165, 1.54) is 58.5 Å². The van der Waals surface area contributed by atoms with Crippen LogP contribution >= 0.6 is 11.3 Å². The summed E-state index contributed by atoms with van der Waals surface area (Å²) in [5.41, 5.74) is 8.81. The molecule has 0 aliphatic carbocycles. The Kier molecular flexibility index (Phi) is 6.71. The summed E-state index contributed by atoms with van der Waals surface area (Å²) < 4.78 is 2.58. The molecule has 50 heavy (non-hydrogen) atoms. The molecule has 0 aliphatic heterocycles. The molecule has 0 saturated heterocycles. The third-order valence-corrected chi connectivity index (χ3v) is 10.9. The second-order valence-electron chi connectivity index (χ2n) is 12.8. The average molecular weight is 655 g/mol. The minimum atomic E-state index is 0.960. The van der Waals surface area contributed by atoms with Crippen LogP contribution in [0.1, 0.15) is 0 Å². The van der Waals surface area contributed by atoms with Crippen molar-refractivity contribution in [3.63, 3.8) is 0 Å². The van der Waals surface area contributed by atoms with Gasteiger partial charge in [0.1, 0.15) is 0 Å². The summed E-state index contributed by atoms with van der Waals surface area (Å²) in [7, 11) is 0. The lowest BCUT2D eigenvalue weighted by Gasteiger charge is -2.27. The van der Waals surface area contributed by atoms with Gasteiger partial charge in [-0.1, -0.05) is 121 Å². The number of fused-ring (bicyclic) bond motifs is 6. The quantitative estimate of drug-likeness (QED) is 0.184. The summed E-state index contributed by atoms with van der Waals surface area (Å²) in [6.45, 7) is 0. The van der Waals surface area contributed by atoms with Gasteiger partial charge in [0, 0.05) is 42.5 Å². The van der Waals surface area contributed by atoms with Gasteiger partial charge in [0.2, 0.25) is 0 Å². The van der Waals surface area contributed by atoms with Crippen molar-refractivity contribution >= 4 is 81.0 Å². The van der Waals surface area contributed by atoms with E-state index in [0.29, 0.717) is 0 Å². The van der Waals surface area contributed by atoms with Gasteiger partial charge in [0.25, 0.3) is 0 Å². The number of nitrogens with zero attached hydrogens (tertiary/aromatic N) is 2. The molecule has 10 rings (SSSR count). The predicted molar refractivity (Wildman–Crippen MR) is 215 cm³/mol. The largest absolute Gasteiger partial charge is 0.310 e. The van der Waals surface area contributed by atoms with Gasteiger partial charge < -0.3 is 4.90 Å². The van der Waals surface area contributed by atoms with Crippen LogP contribution in [-0.4, -0.2) is 4.98 Å². The second kappa shape index (κ2) is 11.7. The molecule has 2 aromatic heterocycles. The highest BCUT2D eigenvalue weighted by molar-refractivity contribution is 7.26. The van der Waals surface area contributed by atoms with Crippen LogP contribution in [0.3, 0.4) is 0 Å². The van der Waals surface area contributed by atoms with Gasteiger partial charge in [0.05, 0.1) is 16.9 Å². The standard InChI is InChI=1S/C47H30N2S/c1-3-12-34-28-36(21-20-31(34)10-1)41-30-43(48-42-16-7-5-14-39(41)42)33-23-25-37(26-24-33)49(38-27-22-32-11-2-4-13-35(32)29-38)44-17-9-19-46-47(44)40-15-6-8-18-45(40)50-46/h1-30H. The van der Waals surface area contributed by atoms with Crippen molar-refractivity contribution < 1.29 is 0 Å². The van der Waals surface area contributed by atoms with Crippen molar-refractivity contribution in [3.8, 4) is 22.4 Å². The number of anilines is 3. The van der Waals surface area contributed by atoms with E-state index < -0.39 is 0 Å². The van der Waals surface area contributed by atoms with Crippen molar-refractivity contribution in [1.29, 1.82) is 0 Å². The van der Waals surface area contributed by atoms with Crippen LogP contribution in [0.5, 0.6) is 0 Å². The topological polar surface area (TPSA) is 16.1 Å². The predicted octanol–water partition coefficient (Wildman–Crippen LogP) is 13.7. The highest BCUT2D eigenvalue weighted by Gasteiger charge is 2.19. The van der Waals surface area contributed by atoms with E-state index in [9.17, 15) is 0 Å². The number of hydrogen-bond acceptors (Lipinski definition) is 3. The molecule has 0 spiro atoms. The molecule has 234 valence electrons. The van der Waals surface area contributed by atoms with E-state index in [1.54, 1.807) is 0 Å². The van der Waals surface area contributed by atoms with E-state index in [-0.39, 0.29) is 0 Å². The van der Waals surface area contributed by atoms with E-state index >= 15 is 0 Å². The molecule has 3 heteroatoms. The zero-order valence-electron chi connectivity index (χ0n) is 27.1. The van der Waals surface area contributed by atoms with Gasteiger partial charge in [-0.05, 0) is 93.3 Å². The van der Waals surface area contributed by atoms with Gasteiger partial charge >= 0.3 is 0 Å². The summed E-state index contributed by atoms with van der Waals surface area (Å²) in [5, 5.41) is 8.65. The van der Waals surface area contributed by atoms with Crippen LogP contribution in [0.25, 0.3) is 75.0 Å². The van der Waals surface area contributed by atoms with E-state index in [1.807, 2.05) is 11.3 Å². The number of aromatic nitrogens is 1. The highest BCUT2D eigenvalue weighted by atomic mass is 32.1. The molecule has 0 radical (unpaired) electrons. The van der Waals surface area contributed by atoms with E-state index in [0.717, 1.165) is 33.5 Å². The maximum Gasteiger partial charge on any atom is 0.0715 e.